The Morgan fingerprint density at radius 2 is 2.19 bits per heavy atom. The Morgan fingerprint density at radius 1 is 1.35 bits per heavy atom. The average Bonchev–Trinajstić information content (AvgIpc) is 3.05. The van der Waals surface area contributed by atoms with Crippen LogP contribution in [0, 0.1) is 0 Å². The number of methoxy groups -OCH3 is 2. The predicted octanol–water partition coefficient (Wildman–Crippen LogP) is 2.88. The van der Waals surface area contributed by atoms with Gasteiger partial charge in [0.25, 0.3) is 0 Å². The molecule has 0 saturated carbocycles. The molecule has 0 aliphatic carbocycles. The third-order valence-corrected chi connectivity index (χ3v) is 4.58. The Balaban J connectivity index is 1.87. The van der Waals surface area contributed by atoms with Gasteiger partial charge >= 0.3 is 6.61 Å². The maximum atomic E-state index is 12.7. The third kappa shape index (κ3) is 3.74. The fourth-order valence-corrected chi connectivity index (χ4v) is 3.32. The average molecular weight is 385 g/mol. The first-order valence-corrected chi connectivity index (χ1v) is 8.55. The molecule has 7 nitrogen and oxygen atoms in total. The van der Waals surface area contributed by atoms with Crippen molar-refractivity contribution in [3.8, 4) is 17.2 Å². The summed E-state index contributed by atoms with van der Waals surface area (Å²) in [5, 5.41) is 0.105. The van der Waals surface area contributed by atoms with Crippen molar-refractivity contribution in [1.82, 2.24) is 15.0 Å². The smallest absolute Gasteiger partial charge is 0.387 e. The summed E-state index contributed by atoms with van der Waals surface area (Å²) >= 11 is 0. The summed E-state index contributed by atoms with van der Waals surface area (Å²) in [6.45, 7) is -2.95. The van der Waals surface area contributed by atoms with Crippen LogP contribution in [0.4, 0.5) is 8.78 Å². The number of nitrogens with one attached hydrogen (secondary N) is 1. The van der Waals surface area contributed by atoms with Gasteiger partial charge in [0, 0.05) is 18.3 Å². The number of fused-ring (bicyclic) bond motifs is 1. The van der Waals surface area contributed by atoms with E-state index in [1.165, 1.54) is 37.6 Å². The van der Waals surface area contributed by atoms with Crippen molar-refractivity contribution in [2.45, 2.75) is 17.5 Å². The van der Waals surface area contributed by atoms with E-state index < -0.39 is 24.5 Å². The quantitative estimate of drug-likeness (QED) is 0.673. The molecule has 3 aromatic rings. The van der Waals surface area contributed by atoms with Crippen LogP contribution in [0.25, 0.3) is 11.0 Å². The van der Waals surface area contributed by atoms with Gasteiger partial charge in [0.2, 0.25) is 0 Å². The predicted molar refractivity (Wildman–Crippen MR) is 90.2 cm³/mol. The number of nitrogens with zero attached hydrogens (tertiary/aromatic N) is 2. The number of aromatic amines is 1. The van der Waals surface area contributed by atoms with E-state index in [2.05, 4.69) is 19.7 Å². The molecule has 0 bridgehead atoms. The highest BCUT2D eigenvalue weighted by Gasteiger charge is 2.17. The first kappa shape index (κ1) is 15.5. The Bertz CT molecular complexity index is 1000. The van der Waals surface area contributed by atoms with Gasteiger partial charge in [-0.05, 0) is 12.1 Å². The molecule has 0 spiro atoms. The minimum atomic E-state index is -2.95. The van der Waals surface area contributed by atoms with Gasteiger partial charge in [-0.15, -0.1) is 0 Å². The number of alkyl halides is 2. The number of hydrogen-bond donors (Lipinski definition) is 1. The van der Waals surface area contributed by atoms with E-state index in [0.29, 0.717) is 11.0 Å². The van der Waals surface area contributed by atoms with Crippen LogP contribution >= 0.6 is 0 Å². The van der Waals surface area contributed by atoms with Crippen LogP contribution in [0.2, 0.25) is 0 Å². The van der Waals surface area contributed by atoms with Crippen molar-refractivity contribution in [3.05, 3.63) is 36.2 Å². The minimum absolute atomic E-state index is 0.0504. The SMILES string of the molecule is [2H]C([2H])Oc1c(OC)ccnc1CS(=O)c1nc2ccc(OC(F)F)cc2[nH]1. The monoisotopic (exact) mass is 385 g/mol. The molecule has 2 aromatic heterocycles. The molecular formula is C16H15F2N3O4S. The second kappa shape index (κ2) is 7.65. The number of aromatic nitrogens is 3. The van der Waals surface area contributed by atoms with Crippen LogP contribution in [0.3, 0.4) is 0 Å². The fraction of sp³-hybridized carbons (Fsp3) is 0.250. The summed E-state index contributed by atoms with van der Waals surface area (Å²) in [7, 11) is -1.92. The zero-order valence-corrected chi connectivity index (χ0v) is 14.3. The van der Waals surface area contributed by atoms with Crippen molar-refractivity contribution < 1.29 is 29.9 Å². The van der Waals surface area contributed by atoms with Crippen LogP contribution in [0.15, 0.2) is 35.6 Å². The Labute approximate surface area is 152 Å². The summed E-state index contributed by atoms with van der Waals surface area (Å²) in [4.78, 5) is 11.1. The maximum Gasteiger partial charge on any atom is 0.387 e. The number of hydrogen-bond acceptors (Lipinski definition) is 6. The van der Waals surface area contributed by atoms with E-state index in [1.54, 1.807) is 0 Å². The highest BCUT2D eigenvalue weighted by molar-refractivity contribution is 7.84. The third-order valence-electron chi connectivity index (χ3n) is 3.42. The van der Waals surface area contributed by atoms with E-state index in [0.717, 1.165) is 0 Å². The number of pyridine rings is 1. The van der Waals surface area contributed by atoms with E-state index in [9.17, 15) is 13.0 Å². The molecule has 0 radical (unpaired) electrons. The molecule has 138 valence electrons. The first-order chi connectivity index (χ1) is 13.4. The molecule has 0 fully saturated rings. The highest BCUT2D eigenvalue weighted by Crippen LogP contribution is 2.30. The van der Waals surface area contributed by atoms with Gasteiger partial charge < -0.3 is 19.2 Å². The van der Waals surface area contributed by atoms with E-state index >= 15 is 0 Å². The van der Waals surface area contributed by atoms with Gasteiger partial charge in [0.05, 0.1) is 50.2 Å². The molecule has 1 aromatic carbocycles. The largest absolute Gasteiger partial charge is 0.493 e. The fourth-order valence-electron chi connectivity index (χ4n) is 2.30. The normalized spacial score (nSPS) is 13.6. The van der Waals surface area contributed by atoms with Crippen molar-refractivity contribution in [2.75, 3.05) is 14.2 Å². The number of halogens is 2. The number of benzene rings is 1. The van der Waals surface area contributed by atoms with Gasteiger partial charge in [-0.25, -0.2) is 4.98 Å². The Morgan fingerprint density at radius 3 is 2.92 bits per heavy atom. The van der Waals surface area contributed by atoms with Crippen molar-refractivity contribution in [2.24, 2.45) is 0 Å². The van der Waals surface area contributed by atoms with E-state index in [1.807, 2.05) is 0 Å². The summed E-state index contributed by atoms with van der Waals surface area (Å²) < 4.78 is 66.5. The summed E-state index contributed by atoms with van der Waals surface area (Å²) in [6, 6.07) is 5.63. The molecular weight excluding hydrogens is 368 g/mol. The molecule has 3 rings (SSSR count). The number of H-pyrrole nitrogens is 1. The lowest BCUT2D eigenvalue weighted by Gasteiger charge is -2.10. The first-order valence-electron chi connectivity index (χ1n) is 8.39. The molecule has 1 N–H and O–H groups in total. The van der Waals surface area contributed by atoms with Crippen LogP contribution < -0.4 is 14.2 Å². The van der Waals surface area contributed by atoms with Gasteiger partial charge in [0.15, 0.2) is 16.7 Å². The second-order valence-electron chi connectivity index (χ2n) is 5.00. The summed E-state index contributed by atoms with van der Waals surface area (Å²) in [5.41, 5.74) is 1.04. The molecule has 1 unspecified atom stereocenters. The molecule has 10 heteroatoms. The lowest BCUT2D eigenvalue weighted by molar-refractivity contribution is -0.0497. The zero-order valence-electron chi connectivity index (χ0n) is 15.4. The second-order valence-corrected chi connectivity index (χ2v) is 6.36. The molecule has 1 atom stereocenters. The lowest BCUT2D eigenvalue weighted by atomic mass is 10.3. The minimum Gasteiger partial charge on any atom is -0.493 e. The van der Waals surface area contributed by atoms with Crippen LogP contribution in [-0.4, -0.2) is 39.9 Å². The number of imidazole rings is 1. The molecule has 0 amide bonds. The lowest BCUT2D eigenvalue weighted by Crippen LogP contribution is -2.04. The van der Waals surface area contributed by atoms with E-state index in [-0.39, 0.29) is 33.9 Å². The Hall–Kier alpha value is -2.75. The highest BCUT2D eigenvalue weighted by atomic mass is 32.2. The van der Waals surface area contributed by atoms with Gasteiger partial charge in [-0.1, -0.05) is 0 Å². The standard InChI is InChI=1S/C16H15F2N3O4S/c1-23-13-5-6-19-12(14(13)24-2)8-26(22)16-20-10-4-3-9(25-15(17)18)7-11(10)21-16/h3-7,15H,8H2,1-2H3,(H,20,21)/i2D2. The van der Waals surface area contributed by atoms with E-state index in [4.69, 9.17) is 12.2 Å². The van der Waals surface area contributed by atoms with Crippen molar-refractivity contribution in [1.29, 1.82) is 0 Å². The number of ether oxygens (including phenoxy) is 3. The van der Waals surface area contributed by atoms with Crippen LogP contribution in [0.1, 0.15) is 8.44 Å². The molecule has 0 saturated heterocycles. The van der Waals surface area contributed by atoms with Crippen LogP contribution in [0.5, 0.6) is 17.2 Å². The zero-order chi connectivity index (χ0) is 20.3. The number of rotatable bonds is 7. The van der Waals surface area contributed by atoms with Gasteiger partial charge in [-0.2, -0.15) is 8.78 Å². The van der Waals surface area contributed by atoms with Crippen molar-refractivity contribution in [3.63, 3.8) is 0 Å². The molecule has 2 heterocycles. The maximum absolute atomic E-state index is 12.7. The molecule has 26 heavy (non-hydrogen) atoms. The van der Waals surface area contributed by atoms with Crippen LogP contribution in [-0.2, 0) is 16.6 Å². The van der Waals surface area contributed by atoms with Gasteiger partial charge in [-0.3, -0.25) is 9.19 Å². The molecule has 0 aliphatic heterocycles. The topological polar surface area (TPSA) is 86.3 Å². The Kier molecular flexibility index (Phi) is 4.56. The van der Waals surface area contributed by atoms with Gasteiger partial charge in [0.1, 0.15) is 5.75 Å². The molecule has 0 aliphatic rings. The van der Waals surface area contributed by atoms with Crippen molar-refractivity contribution >= 4 is 21.8 Å². The summed E-state index contributed by atoms with van der Waals surface area (Å²) in [5.74, 6) is 0.131. The summed E-state index contributed by atoms with van der Waals surface area (Å²) in [6.07, 6.45) is 1.42.